The van der Waals surface area contributed by atoms with Gasteiger partial charge in [-0.3, -0.25) is 19.4 Å². The maximum absolute atomic E-state index is 12.4. The van der Waals surface area contributed by atoms with E-state index in [1.54, 1.807) is 33.0 Å². The number of rotatable bonds is 2. The fourth-order valence-corrected chi connectivity index (χ4v) is 2.25. The molecular weight excluding hydrogens is 266 g/mol. The molecule has 0 aliphatic carbocycles. The Morgan fingerprint density at radius 2 is 2.00 bits per heavy atom. The van der Waals surface area contributed by atoms with Crippen LogP contribution in [0.3, 0.4) is 0 Å². The van der Waals surface area contributed by atoms with E-state index >= 15 is 0 Å². The Labute approximate surface area is 115 Å². The predicted octanol–water partition coefficient (Wildman–Crippen LogP) is 1.80. The number of carbonyl (C=O) groups excluding carboxylic acids is 1. The topological polar surface area (TPSA) is 80.9 Å². The second kappa shape index (κ2) is 4.59. The van der Waals surface area contributed by atoms with E-state index < -0.39 is 5.78 Å². The van der Waals surface area contributed by atoms with Crippen LogP contribution >= 0.6 is 11.6 Å². The third-order valence-corrected chi connectivity index (χ3v) is 3.51. The molecule has 3 N–H and O–H groups in total. The zero-order valence-electron chi connectivity index (χ0n) is 10.9. The van der Waals surface area contributed by atoms with Gasteiger partial charge in [-0.25, -0.2) is 0 Å². The number of nitrogens with zero attached hydrogens (tertiary/aromatic N) is 1. The summed E-state index contributed by atoms with van der Waals surface area (Å²) in [5.41, 5.74) is 7.42. The standard InChI is InChI=1S/C13H14ClN3O2/c1-6-4-5-8(10(14)11(6)15)12(18)9-7(2)16-17(3)13(9)19/h4-5,16H,15H2,1-3H3. The van der Waals surface area contributed by atoms with Gasteiger partial charge < -0.3 is 5.73 Å². The Hall–Kier alpha value is -2.01. The van der Waals surface area contributed by atoms with Crippen LogP contribution < -0.4 is 11.3 Å². The van der Waals surface area contributed by atoms with Gasteiger partial charge in [-0.1, -0.05) is 17.7 Å². The molecule has 19 heavy (non-hydrogen) atoms. The van der Waals surface area contributed by atoms with E-state index in [1.807, 2.05) is 0 Å². The minimum absolute atomic E-state index is 0.0904. The monoisotopic (exact) mass is 279 g/mol. The number of aryl methyl sites for hydroxylation is 3. The first-order valence-electron chi connectivity index (χ1n) is 5.69. The fraction of sp³-hybridized carbons (Fsp3) is 0.231. The maximum atomic E-state index is 12.4. The zero-order chi connectivity index (χ0) is 14.3. The van der Waals surface area contributed by atoms with Crippen LogP contribution in [0.4, 0.5) is 5.69 Å². The highest BCUT2D eigenvalue weighted by Crippen LogP contribution is 2.28. The molecule has 0 fully saturated rings. The molecule has 0 amide bonds. The van der Waals surface area contributed by atoms with Crippen LogP contribution in [0, 0.1) is 13.8 Å². The Kier molecular flexibility index (Phi) is 3.24. The fourth-order valence-electron chi connectivity index (χ4n) is 1.95. The van der Waals surface area contributed by atoms with Crippen molar-refractivity contribution in [3.8, 4) is 0 Å². The minimum atomic E-state index is -0.420. The van der Waals surface area contributed by atoms with Gasteiger partial charge in [-0.05, 0) is 25.5 Å². The molecule has 2 aromatic rings. The number of hydrogen-bond acceptors (Lipinski definition) is 3. The van der Waals surface area contributed by atoms with Gasteiger partial charge in [0, 0.05) is 18.3 Å². The zero-order valence-corrected chi connectivity index (χ0v) is 11.6. The number of anilines is 1. The lowest BCUT2D eigenvalue weighted by molar-refractivity contribution is 0.103. The van der Waals surface area contributed by atoms with Gasteiger partial charge in [0.15, 0.2) is 0 Å². The quantitative estimate of drug-likeness (QED) is 0.650. The maximum Gasteiger partial charge on any atom is 0.277 e. The summed E-state index contributed by atoms with van der Waals surface area (Å²) in [7, 11) is 1.55. The number of nitrogen functional groups attached to an aromatic ring is 1. The molecule has 100 valence electrons. The van der Waals surface area contributed by atoms with Gasteiger partial charge >= 0.3 is 0 Å². The van der Waals surface area contributed by atoms with Crippen molar-refractivity contribution < 1.29 is 4.79 Å². The number of H-pyrrole nitrogens is 1. The van der Waals surface area contributed by atoms with E-state index in [9.17, 15) is 9.59 Å². The molecule has 5 nitrogen and oxygen atoms in total. The number of hydrogen-bond donors (Lipinski definition) is 2. The average Bonchev–Trinajstić information content (AvgIpc) is 2.60. The van der Waals surface area contributed by atoms with Gasteiger partial charge in [0.25, 0.3) is 5.56 Å². The molecule has 1 aromatic carbocycles. The molecule has 0 saturated heterocycles. The first-order chi connectivity index (χ1) is 8.84. The first kappa shape index (κ1) is 13.4. The van der Waals surface area contributed by atoms with Crippen LogP contribution in [-0.2, 0) is 7.05 Å². The average molecular weight is 280 g/mol. The minimum Gasteiger partial charge on any atom is -0.397 e. The number of halogens is 1. The number of carbonyl (C=O) groups is 1. The van der Waals surface area contributed by atoms with Crippen molar-refractivity contribution >= 4 is 23.1 Å². The Morgan fingerprint density at radius 1 is 1.37 bits per heavy atom. The Balaban J connectivity index is 2.63. The molecule has 0 bridgehead atoms. The van der Waals surface area contributed by atoms with Gasteiger partial charge in [0.1, 0.15) is 5.56 Å². The van der Waals surface area contributed by atoms with Crippen molar-refractivity contribution in [3.05, 3.63) is 49.9 Å². The van der Waals surface area contributed by atoms with E-state index in [1.165, 1.54) is 4.68 Å². The number of nitrogens with two attached hydrogens (primary N) is 1. The second-order valence-electron chi connectivity index (χ2n) is 4.46. The molecule has 0 spiro atoms. The first-order valence-corrected chi connectivity index (χ1v) is 6.07. The molecule has 1 aromatic heterocycles. The largest absolute Gasteiger partial charge is 0.397 e. The lowest BCUT2D eigenvalue weighted by Crippen LogP contribution is -2.20. The lowest BCUT2D eigenvalue weighted by atomic mass is 10.0. The predicted molar refractivity (Wildman–Crippen MR) is 74.8 cm³/mol. The number of nitrogens with one attached hydrogen (secondary N) is 1. The Morgan fingerprint density at radius 3 is 2.53 bits per heavy atom. The van der Waals surface area contributed by atoms with E-state index in [-0.39, 0.29) is 21.7 Å². The third kappa shape index (κ3) is 2.06. The summed E-state index contributed by atoms with van der Waals surface area (Å²) in [5.74, 6) is -0.420. The number of aromatic amines is 1. The summed E-state index contributed by atoms with van der Waals surface area (Å²) in [6, 6.07) is 3.29. The summed E-state index contributed by atoms with van der Waals surface area (Å²) >= 11 is 6.09. The summed E-state index contributed by atoms with van der Waals surface area (Å²) < 4.78 is 1.26. The van der Waals surface area contributed by atoms with Gasteiger partial charge in [0.2, 0.25) is 5.78 Å². The van der Waals surface area contributed by atoms with Gasteiger partial charge in [-0.2, -0.15) is 0 Å². The van der Waals surface area contributed by atoms with E-state index in [0.717, 1.165) is 5.56 Å². The van der Waals surface area contributed by atoms with Crippen molar-refractivity contribution in [2.24, 2.45) is 7.05 Å². The highest BCUT2D eigenvalue weighted by atomic mass is 35.5. The SMILES string of the molecule is Cc1ccc(C(=O)c2c(C)[nH]n(C)c2=O)c(Cl)c1N. The smallest absolute Gasteiger partial charge is 0.277 e. The molecule has 0 atom stereocenters. The molecule has 0 aliphatic heterocycles. The molecule has 0 unspecified atom stereocenters. The highest BCUT2D eigenvalue weighted by Gasteiger charge is 2.22. The molecule has 0 aliphatic rings. The van der Waals surface area contributed by atoms with Crippen LogP contribution in [0.1, 0.15) is 27.2 Å². The van der Waals surface area contributed by atoms with E-state index in [4.69, 9.17) is 17.3 Å². The molecule has 6 heteroatoms. The van der Waals surface area contributed by atoms with Crippen molar-refractivity contribution in [1.29, 1.82) is 0 Å². The molecule has 0 saturated carbocycles. The second-order valence-corrected chi connectivity index (χ2v) is 4.84. The van der Waals surface area contributed by atoms with Crippen LogP contribution in [0.25, 0.3) is 0 Å². The summed E-state index contributed by atoms with van der Waals surface area (Å²) in [5, 5.41) is 2.97. The van der Waals surface area contributed by atoms with Crippen molar-refractivity contribution in [3.63, 3.8) is 0 Å². The van der Waals surface area contributed by atoms with Crippen LogP contribution in [-0.4, -0.2) is 15.6 Å². The van der Waals surface area contributed by atoms with Crippen LogP contribution in [0.2, 0.25) is 5.02 Å². The molecule has 0 radical (unpaired) electrons. The molecule has 1 heterocycles. The highest BCUT2D eigenvalue weighted by molar-refractivity contribution is 6.37. The van der Waals surface area contributed by atoms with E-state index in [0.29, 0.717) is 11.4 Å². The normalized spacial score (nSPS) is 10.7. The summed E-state index contributed by atoms with van der Waals surface area (Å²) in [4.78, 5) is 24.3. The Bertz CT molecular complexity index is 728. The van der Waals surface area contributed by atoms with Crippen LogP contribution in [0.5, 0.6) is 0 Å². The van der Waals surface area contributed by atoms with Crippen molar-refractivity contribution in [2.75, 3.05) is 5.73 Å². The van der Waals surface area contributed by atoms with Gasteiger partial charge in [0.05, 0.1) is 10.7 Å². The number of ketones is 1. The van der Waals surface area contributed by atoms with E-state index in [2.05, 4.69) is 5.10 Å². The van der Waals surface area contributed by atoms with Gasteiger partial charge in [-0.15, -0.1) is 0 Å². The third-order valence-electron chi connectivity index (χ3n) is 3.10. The lowest BCUT2D eigenvalue weighted by Gasteiger charge is -2.07. The molecular formula is C13H14ClN3O2. The molecule has 2 rings (SSSR count). The number of aromatic nitrogens is 2. The van der Waals surface area contributed by atoms with Crippen LogP contribution in [0.15, 0.2) is 16.9 Å². The summed E-state index contributed by atoms with van der Waals surface area (Å²) in [6.07, 6.45) is 0. The summed E-state index contributed by atoms with van der Waals surface area (Å²) in [6.45, 7) is 3.47. The number of benzene rings is 1. The van der Waals surface area contributed by atoms with Crippen molar-refractivity contribution in [2.45, 2.75) is 13.8 Å². The van der Waals surface area contributed by atoms with Crippen molar-refractivity contribution in [1.82, 2.24) is 9.78 Å².